The highest BCUT2D eigenvalue weighted by Crippen LogP contribution is 2.24. The minimum Gasteiger partial charge on any atom is -0.260 e. The van der Waals surface area contributed by atoms with Crippen LogP contribution < -0.4 is 0 Å². The maximum Gasteiger partial charge on any atom is 0.145 e. The van der Waals surface area contributed by atoms with Gasteiger partial charge in [-0.2, -0.15) is 5.10 Å². The maximum atomic E-state index is 14.0. The zero-order valence-corrected chi connectivity index (χ0v) is 13.8. The number of halogens is 4. The van der Waals surface area contributed by atoms with E-state index in [9.17, 15) is 8.78 Å². The van der Waals surface area contributed by atoms with Crippen molar-refractivity contribution in [3.05, 3.63) is 61.8 Å². The number of rotatable bonds is 2. The topological polar surface area (TPSA) is 17.8 Å². The lowest BCUT2D eigenvalue weighted by Gasteiger charge is -2.08. The van der Waals surface area contributed by atoms with Gasteiger partial charge in [0.25, 0.3) is 0 Å². The van der Waals surface area contributed by atoms with E-state index < -0.39 is 11.6 Å². The summed E-state index contributed by atoms with van der Waals surface area (Å²) in [6, 6.07) is 8.45. The Kier molecular flexibility index (Phi) is 3.76. The Bertz CT molecular complexity index is 801. The van der Waals surface area contributed by atoms with Gasteiger partial charge in [-0.1, -0.05) is 6.07 Å². The molecule has 1 aromatic heterocycles. The minimum absolute atomic E-state index is 0.00300. The Balaban J connectivity index is 2.10. The molecule has 0 aliphatic carbocycles. The van der Waals surface area contributed by atoms with E-state index >= 15 is 0 Å². The Morgan fingerprint density at radius 1 is 1.20 bits per heavy atom. The molecular weight excluding hydrogens is 441 g/mol. The Hall–Kier alpha value is -1.02. The largest absolute Gasteiger partial charge is 0.260 e. The van der Waals surface area contributed by atoms with Gasteiger partial charge in [-0.25, -0.2) is 8.78 Å². The minimum atomic E-state index is -0.584. The van der Waals surface area contributed by atoms with Crippen LogP contribution in [0.1, 0.15) is 5.56 Å². The monoisotopic (exact) mass is 448 g/mol. The van der Waals surface area contributed by atoms with Crippen LogP contribution in [0.5, 0.6) is 0 Å². The van der Waals surface area contributed by atoms with Crippen LogP contribution in [0.4, 0.5) is 8.78 Å². The van der Waals surface area contributed by atoms with Crippen molar-refractivity contribution in [3.63, 3.8) is 0 Å². The standard InChI is InChI=1S/C14H8BrF2IN2/c15-11-3-4-12(16)10(14(11)17)7-20-13-5-9(18)2-1-8(13)6-19-20/h1-6H,7H2. The molecule has 1 heterocycles. The fraction of sp³-hybridized carbons (Fsp3) is 0.0714. The van der Waals surface area contributed by atoms with Crippen molar-refractivity contribution in [3.8, 4) is 0 Å². The Morgan fingerprint density at radius 2 is 2.00 bits per heavy atom. The number of benzene rings is 2. The summed E-state index contributed by atoms with van der Waals surface area (Å²) in [6.45, 7) is 0.0562. The number of aromatic nitrogens is 2. The molecule has 0 unspecified atom stereocenters. The fourth-order valence-corrected chi connectivity index (χ4v) is 2.88. The molecule has 2 nitrogen and oxygen atoms in total. The van der Waals surface area contributed by atoms with Gasteiger partial charge >= 0.3 is 0 Å². The van der Waals surface area contributed by atoms with Crippen LogP contribution in [-0.2, 0) is 6.54 Å². The van der Waals surface area contributed by atoms with Gasteiger partial charge in [0.2, 0.25) is 0 Å². The summed E-state index contributed by atoms with van der Waals surface area (Å²) in [6.07, 6.45) is 1.69. The van der Waals surface area contributed by atoms with Crippen molar-refractivity contribution in [2.75, 3.05) is 0 Å². The van der Waals surface area contributed by atoms with Gasteiger partial charge in [0.1, 0.15) is 11.6 Å². The van der Waals surface area contributed by atoms with Crippen LogP contribution in [-0.4, -0.2) is 9.78 Å². The predicted molar refractivity (Wildman–Crippen MR) is 85.6 cm³/mol. The molecule has 0 radical (unpaired) electrons. The second-order valence-corrected chi connectivity index (χ2v) is 6.43. The lowest BCUT2D eigenvalue weighted by atomic mass is 10.2. The molecule has 3 aromatic rings. The van der Waals surface area contributed by atoms with Crippen molar-refractivity contribution in [2.45, 2.75) is 6.54 Å². The van der Waals surface area contributed by atoms with Gasteiger partial charge in [0.05, 0.1) is 22.7 Å². The summed E-state index contributed by atoms with van der Waals surface area (Å²) in [5.41, 5.74) is 0.860. The Labute approximate surface area is 136 Å². The van der Waals surface area contributed by atoms with E-state index in [4.69, 9.17) is 0 Å². The van der Waals surface area contributed by atoms with E-state index in [-0.39, 0.29) is 16.6 Å². The summed E-state index contributed by atoms with van der Waals surface area (Å²) in [4.78, 5) is 0. The summed E-state index contributed by atoms with van der Waals surface area (Å²) in [7, 11) is 0. The van der Waals surface area contributed by atoms with Gasteiger partial charge in [-0.15, -0.1) is 0 Å². The zero-order valence-electron chi connectivity index (χ0n) is 10.1. The third-order valence-electron chi connectivity index (χ3n) is 3.05. The van der Waals surface area contributed by atoms with Crippen molar-refractivity contribution in [1.29, 1.82) is 0 Å². The van der Waals surface area contributed by atoms with Crippen LogP contribution in [0.3, 0.4) is 0 Å². The highest BCUT2D eigenvalue weighted by atomic mass is 127. The zero-order chi connectivity index (χ0) is 14.3. The normalized spacial score (nSPS) is 11.2. The lowest BCUT2D eigenvalue weighted by Crippen LogP contribution is -2.06. The van der Waals surface area contributed by atoms with E-state index in [0.29, 0.717) is 0 Å². The molecule has 0 atom stereocenters. The molecular formula is C14H8BrF2IN2. The van der Waals surface area contributed by atoms with Gasteiger partial charge in [0.15, 0.2) is 0 Å². The van der Waals surface area contributed by atoms with Crippen molar-refractivity contribution < 1.29 is 8.78 Å². The SMILES string of the molecule is Fc1ccc(Br)c(F)c1Cn1ncc2ccc(I)cc21. The maximum absolute atomic E-state index is 14.0. The lowest BCUT2D eigenvalue weighted by molar-refractivity contribution is 0.533. The van der Waals surface area contributed by atoms with Crippen LogP contribution >= 0.6 is 38.5 Å². The quantitative estimate of drug-likeness (QED) is 0.409. The third-order valence-corrected chi connectivity index (χ3v) is 4.34. The molecule has 0 N–H and O–H groups in total. The number of fused-ring (bicyclic) bond motifs is 1. The van der Waals surface area contributed by atoms with Crippen LogP contribution in [0.25, 0.3) is 10.9 Å². The van der Waals surface area contributed by atoms with E-state index in [1.54, 1.807) is 10.9 Å². The predicted octanol–water partition coefficient (Wildman–Crippen LogP) is 4.73. The molecule has 0 saturated heterocycles. The first-order chi connectivity index (χ1) is 9.56. The molecule has 3 rings (SSSR count). The molecule has 0 aliphatic heterocycles. The highest BCUT2D eigenvalue weighted by molar-refractivity contribution is 14.1. The molecule has 6 heteroatoms. The van der Waals surface area contributed by atoms with Crippen LogP contribution in [0.15, 0.2) is 41.0 Å². The van der Waals surface area contributed by atoms with Gasteiger partial charge in [0, 0.05) is 14.5 Å². The first-order valence-corrected chi connectivity index (χ1v) is 7.67. The highest BCUT2D eigenvalue weighted by Gasteiger charge is 2.14. The molecule has 102 valence electrons. The molecule has 0 aliphatic rings. The van der Waals surface area contributed by atoms with Gasteiger partial charge in [-0.3, -0.25) is 4.68 Å². The van der Waals surface area contributed by atoms with Crippen molar-refractivity contribution in [1.82, 2.24) is 9.78 Å². The second kappa shape index (κ2) is 5.40. The average molecular weight is 449 g/mol. The molecule has 0 saturated carbocycles. The summed E-state index contributed by atoms with van der Waals surface area (Å²) in [5, 5.41) is 5.15. The van der Waals surface area contributed by atoms with Crippen molar-refractivity contribution >= 4 is 49.4 Å². The number of hydrogen-bond acceptors (Lipinski definition) is 1. The molecule has 0 amide bonds. The van der Waals surface area contributed by atoms with Gasteiger partial charge < -0.3 is 0 Å². The van der Waals surface area contributed by atoms with Crippen LogP contribution in [0, 0.1) is 15.2 Å². The van der Waals surface area contributed by atoms with Gasteiger partial charge in [-0.05, 0) is 62.8 Å². The number of hydrogen-bond donors (Lipinski definition) is 0. The summed E-state index contributed by atoms with van der Waals surface area (Å²) < 4.78 is 30.7. The molecule has 2 aromatic carbocycles. The third kappa shape index (κ3) is 2.46. The summed E-state index contributed by atoms with van der Waals surface area (Å²) >= 11 is 5.27. The molecule has 20 heavy (non-hydrogen) atoms. The van der Waals surface area contributed by atoms with E-state index in [0.717, 1.165) is 14.5 Å². The fourth-order valence-electron chi connectivity index (χ4n) is 2.03. The summed E-state index contributed by atoms with van der Waals surface area (Å²) in [5.74, 6) is -1.15. The molecule has 0 fully saturated rings. The first-order valence-electron chi connectivity index (χ1n) is 5.79. The first kappa shape index (κ1) is 13.9. The van der Waals surface area contributed by atoms with Crippen LogP contribution in [0.2, 0.25) is 0 Å². The van der Waals surface area contributed by atoms with E-state index in [1.165, 1.54) is 12.1 Å². The van der Waals surface area contributed by atoms with Crippen molar-refractivity contribution in [2.24, 2.45) is 0 Å². The van der Waals surface area contributed by atoms with E-state index in [1.807, 2.05) is 18.2 Å². The van der Waals surface area contributed by atoms with E-state index in [2.05, 4.69) is 43.6 Å². The smallest absolute Gasteiger partial charge is 0.145 e. The second-order valence-electron chi connectivity index (χ2n) is 4.33. The number of nitrogens with zero attached hydrogens (tertiary/aromatic N) is 2. The Morgan fingerprint density at radius 3 is 2.80 bits per heavy atom. The average Bonchev–Trinajstić information content (AvgIpc) is 2.81. The molecule has 0 bridgehead atoms. The molecule has 0 spiro atoms.